The van der Waals surface area contributed by atoms with E-state index >= 15 is 0 Å². The number of rotatable bonds is 3. The number of hydrogen-bond donors (Lipinski definition) is 0. The molecule has 2 heteroatoms. The van der Waals surface area contributed by atoms with E-state index < -0.39 is 0 Å². The molecular formula is C48H28O2. The van der Waals surface area contributed by atoms with Crippen LogP contribution in [0.5, 0.6) is 0 Å². The van der Waals surface area contributed by atoms with Gasteiger partial charge in [0.15, 0.2) is 11.2 Å². The van der Waals surface area contributed by atoms with Crippen LogP contribution in [-0.4, -0.2) is 0 Å². The average Bonchev–Trinajstić information content (AvgIpc) is 3.76. The van der Waals surface area contributed by atoms with Crippen LogP contribution >= 0.6 is 0 Å². The molecule has 0 amide bonds. The van der Waals surface area contributed by atoms with E-state index in [1.165, 1.54) is 54.6 Å². The average molecular weight is 637 g/mol. The van der Waals surface area contributed by atoms with E-state index in [4.69, 9.17) is 8.83 Å². The second kappa shape index (κ2) is 10.4. The van der Waals surface area contributed by atoms with Crippen molar-refractivity contribution < 1.29 is 8.83 Å². The highest BCUT2D eigenvalue weighted by Gasteiger charge is 2.22. The summed E-state index contributed by atoms with van der Waals surface area (Å²) in [7, 11) is 0. The number of furan rings is 2. The van der Waals surface area contributed by atoms with E-state index in [0.29, 0.717) is 0 Å². The lowest BCUT2D eigenvalue weighted by Gasteiger charge is -2.18. The second-order valence-corrected chi connectivity index (χ2v) is 13.1. The van der Waals surface area contributed by atoms with Crippen LogP contribution in [0.25, 0.3) is 110 Å². The molecule has 0 saturated heterocycles. The van der Waals surface area contributed by atoms with Crippen LogP contribution < -0.4 is 0 Å². The molecule has 0 bridgehead atoms. The lowest BCUT2D eigenvalue weighted by molar-refractivity contribution is 0.633. The summed E-state index contributed by atoms with van der Waals surface area (Å²) in [6.45, 7) is 0. The summed E-state index contributed by atoms with van der Waals surface area (Å²) in [5.41, 5.74) is 10.5. The molecule has 0 fully saturated rings. The van der Waals surface area contributed by atoms with Crippen molar-refractivity contribution in [1.29, 1.82) is 0 Å². The molecule has 11 aromatic rings. The van der Waals surface area contributed by atoms with Gasteiger partial charge in [-0.15, -0.1) is 0 Å². The minimum absolute atomic E-state index is 0.788. The van der Waals surface area contributed by atoms with Crippen LogP contribution in [0.15, 0.2) is 179 Å². The molecule has 0 spiro atoms. The molecule has 2 aromatic heterocycles. The zero-order valence-electron chi connectivity index (χ0n) is 27.0. The Morgan fingerprint density at radius 3 is 1.50 bits per heavy atom. The van der Waals surface area contributed by atoms with Gasteiger partial charge in [0.1, 0.15) is 11.2 Å². The Morgan fingerprint density at radius 1 is 0.300 bits per heavy atom. The van der Waals surface area contributed by atoms with Crippen LogP contribution in [0.1, 0.15) is 0 Å². The zero-order chi connectivity index (χ0) is 32.8. The van der Waals surface area contributed by atoms with Crippen molar-refractivity contribution in [3.05, 3.63) is 170 Å². The summed E-state index contributed by atoms with van der Waals surface area (Å²) in [6.07, 6.45) is 0. The van der Waals surface area contributed by atoms with Crippen molar-refractivity contribution in [1.82, 2.24) is 0 Å². The van der Waals surface area contributed by atoms with Gasteiger partial charge in [0, 0.05) is 21.5 Å². The van der Waals surface area contributed by atoms with E-state index in [0.717, 1.165) is 55.0 Å². The molecular weight excluding hydrogens is 609 g/mol. The molecule has 9 aromatic carbocycles. The van der Waals surface area contributed by atoms with E-state index in [1.807, 2.05) is 12.1 Å². The normalized spacial score (nSPS) is 12.0. The lowest BCUT2D eigenvalue weighted by atomic mass is 9.85. The molecule has 11 rings (SSSR count). The highest BCUT2D eigenvalue weighted by Crippen LogP contribution is 2.47. The third-order valence-electron chi connectivity index (χ3n) is 10.5. The number of para-hydroxylation sites is 1. The summed E-state index contributed by atoms with van der Waals surface area (Å²) >= 11 is 0. The SMILES string of the molecule is c1ccc(-c2c3ccccc3c(-c3ccc(-c4cc5c(oc6ccc7ccccc7c65)c5oc6ccccc6c45)cc3)c3ccccc23)cc1. The van der Waals surface area contributed by atoms with E-state index in [9.17, 15) is 0 Å². The molecule has 2 nitrogen and oxygen atoms in total. The van der Waals surface area contributed by atoms with Crippen molar-refractivity contribution in [2.45, 2.75) is 0 Å². The standard InChI is InChI=1S/C48H28O2/c1-2-13-31(14-3-1)43-34-16-6-8-18-36(34)44(37-19-9-7-17-35(37)43)32-24-22-30(23-25-32)39-28-40-45-33-15-5-4-12-29(33)26-27-42(45)50-47(40)48-46(39)38-20-10-11-21-41(38)49-48/h1-28H. The number of fused-ring (bicyclic) bond motifs is 11. The van der Waals surface area contributed by atoms with Crippen LogP contribution in [0, 0.1) is 0 Å². The van der Waals surface area contributed by atoms with Gasteiger partial charge in [0.25, 0.3) is 0 Å². The molecule has 50 heavy (non-hydrogen) atoms. The Balaban J connectivity index is 1.18. The number of hydrogen-bond acceptors (Lipinski definition) is 2. The molecule has 232 valence electrons. The largest absolute Gasteiger partial charge is 0.452 e. The molecule has 0 unspecified atom stereocenters. The Kier molecular flexibility index (Phi) is 5.70. The minimum Gasteiger partial charge on any atom is -0.452 e. The fraction of sp³-hybridized carbons (Fsp3) is 0. The zero-order valence-corrected chi connectivity index (χ0v) is 27.0. The Labute approximate surface area is 287 Å². The predicted molar refractivity (Wildman–Crippen MR) is 210 cm³/mol. The molecule has 0 aliphatic heterocycles. The van der Waals surface area contributed by atoms with Crippen LogP contribution in [0.4, 0.5) is 0 Å². The molecule has 0 N–H and O–H groups in total. The lowest BCUT2D eigenvalue weighted by Crippen LogP contribution is -1.90. The molecule has 0 atom stereocenters. The Hall–Kier alpha value is -6.64. The van der Waals surface area contributed by atoms with Gasteiger partial charge >= 0.3 is 0 Å². The van der Waals surface area contributed by atoms with Crippen LogP contribution in [-0.2, 0) is 0 Å². The van der Waals surface area contributed by atoms with Gasteiger partial charge in [-0.05, 0) is 83.9 Å². The van der Waals surface area contributed by atoms with Crippen molar-refractivity contribution >= 4 is 76.2 Å². The molecule has 0 saturated carbocycles. The first-order valence-electron chi connectivity index (χ1n) is 17.1. The van der Waals surface area contributed by atoms with Gasteiger partial charge in [0.2, 0.25) is 0 Å². The summed E-state index contributed by atoms with van der Waals surface area (Å²) in [5.74, 6) is 0. The van der Waals surface area contributed by atoms with Gasteiger partial charge in [-0.3, -0.25) is 0 Å². The first-order chi connectivity index (χ1) is 24.8. The van der Waals surface area contributed by atoms with E-state index in [2.05, 4.69) is 158 Å². The quantitative estimate of drug-likeness (QED) is 0.180. The summed E-state index contributed by atoms with van der Waals surface area (Å²) in [5, 5.41) is 11.7. The maximum Gasteiger partial charge on any atom is 0.179 e. The first kappa shape index (κ1) is 27.3. The van der Waals surface area contributed by atoms with Gasteiger partial charge < -0.3 is 8.83 Å². The molecule has 0 radical (unpaired) electrons. The summed E-state index contributed by atoms with van der Waals surface area (Å²) < 4.78 is 13.2. The topological polar surface area (TPSA) is 26.3 Å². The summed E-state index contributed by atoms with van der Waals surface area (Å²) in [4.78, 5) is 0. The highest BCUT2D eigenvalue weighted by molar-refractivity contribution is 6.28. The minimum atomic E-state index is 0.788. The summed E-state index contributed by atoms with van der Waals surface area (Å²) in [6, 6.07) is 60.9. The van der Waals surface area contributed by atoms with Gasteiger partial charge in [-0.1, -0.05) is 152 Å². The molecule has 2 heterocycles. The predicted octanol–water partition coefficient (Wildman–Crippen LogP) is 13.9. The van der Waals surface area contributed by atoms with Crippen LogP contribution in [0.3, 0.4) is 0 Å². The van der Waals surface area contributed by atoms with Crippen LogP contribution in [0.2, 0.25) is 0 Å². The smallest absolute Gasteiger partial charge is 0.179 e. The van der Waals surface area contributed by atoms with Crippen molar-refractivity contribution in [2.24, 2.45) is 0 Å². The van der Waals surface area contributed by atoms with E-state index in [-0.39, 0.29) is 0 Å². The highest BCUT2D eigenvalue weighted by atomic mass is 16.4. The second-order valence-electron chi connectivity index (χ2n) is 13.1. The monoisotopic (exact) mass is 636 g/mol. The van der Waals surface area contributed by atoms with Gasteiger partial charge in [-0.25, -0.2) is 0 Å². The van der Waals surface area contributed by atoms with Crippen molar-refractivity contribution in [3.63, 3.8) is 0 Å². The maximum absolute atomic E-state index is 6.61. The Bertz CT molecular complexity index is 3070. The Morgan fingerprint density at radius 2 is 0.820 bits per heavy atom. The first-order valence-corrected chi connectivity index (χ1v) is 17.1. The van der Waals surface area contributed by atoms with Gasteiger partial charge in [-0.2, -0.15) is 0 Å². The van der Waals surface area contributed by atoms with Gasteiger partial charge in [0.05, 0.1) is 0 Å². The fourth-order valence-electron chi connectivity index (χ4n) is 8.29. The molecule has 0 aliphatic rings. The van der Waals surface area contributed by atoms with Crippen molar-refractivity contribution in [2.75, 3.05) is 0 Å². The number of benzene rings is 9. The fourth-order valence-corrected chi connectivity index (χ4v) is 8.29. The van der Waals surface area contributed by atoms with Crippen molar-refractivity contribution in [3.8, 4) is 33.4 Å². The third kappa shape index (κ3) is 3.85. The van der Waals surface area contributed by atoms with E-state index in [1.54, 1.807) is 0 Å². The third-order valence-corrected chi connectivity index (χ3v) is 10.5. The molecule has 0 aliphatic carbocycles. The maximum atomic E-state index is 6.61.